The van der Waals surface area contributed by atoms with Crippen LogP contribution >= 0.6 is 0 Å². The van der Waals surface area contributed by atoms with Crippen LogP contribution in [0, 0.1) is 0 Å². The fourth-order valence-corrected chi connectivity index (χ4v) is 2.36. The summed E-state index contributed by atoms with van der Waals surface area (Å²) in [6.07, 6.45) is 1.13. The van der Waals surface area contributed by atoms with Crippen molar-refractivity contribution in [2.24, 2.45) is 0 Å². The van der Waals surface area contributed by atoms with E-state index in [9.17, 15) is 13.2 Å². The Morgan fingerprint density at radius 1 is 1.13 bits per heavy atom. The van der Waals surface area contributed by atoms with Crippen LogP contribution in [0.25, 0.3) is 0 Å². The lowest BCUT2D eigenvalue weighted by molar-refractivity contribution is -0.112. The van der Waals surface area contributed by atoms with Gasteiger partial charge in [0.05, 0.1) is 4.90 Å². The van der Waals surface area contributed by atoms with Crippen molar-refractivity contribution in [3.8, 4) is 0 Å². The number of benzene rings is 1. The first-order valence-electron chi connectivity index (χ1n) is 4.43. The number of carbonyl (C=O) groups excluding carboxylic acids is 1. The lowest BCUT2D eigenvalue weighted by Crippen LogP contribution is -2.03. The van der Waals surface area contributed by atoms with Gasteiger partial charge in [-0.3, -0.25) is 4.79 Å². The van der Waals surface area contributed by atoms with Crippen molar-refractivity contribution < 1.29 is 13.2 Å². The minimum Gasteiger partial charge on any atom is -0.295 e. The van der Waals surface area contributed by atoms with Crippen molar-refractivity contribution >= 4 is 15.6 Å². The molecule has 3 nitrogen and oxygen atoms in total. The highest BCUT2D eigenvalue weighted by atomic mass is 32.2. The first-order chi connectivity index (χ1) is 6.94. The van der Waals surface area contributed by atoms with E-state index in [0.29, 0.717) is 0 Å². The molecule has 80 valence electrons. The summed E-state index contributed by atoms with van der Waals surface area (Å²) in [7, 11) is -3.49. The summed E-state index contributed by atoms with van der Waals surface area (Å²) in [4.78, 5) is 11.1. The Labute approximate surface area is 89.4 Å². The average Bonchev–Trinajstić information content (AvgIpc) is 2.18. The predicted octanol–water partition coefficient (Wildman–Crippen LogP) is 1.95. The number of hydrogen-bond acceptors (Lipinski definition) is 3. The van der Waals surface area contributed by atoms with Gasteiger partial charge in [-0.15, -0.1) is 0 Å². The molecule has 0 bridgehead atoms. The Bertz CT molecular complexity index is 484. The molecule has 1 rings (SSSR count). The van der Waals surface area contributed by atoms with Crippen LogP contribution in [0.15, 0.2) is 46.2 Å². The highest BCUT2D eigenvalue weighted by Crippen LogP contribution is 2.17. The topological polar surface area (TPSA) is 51.2 Å². The Morgan fingerprint density at radius 3 is 2.13 bits per heavy atom. The van der Waals surface area contributed by atoms with Crippen LogP contribution in [0.2, 0.25) is 0 Å². The van der Waals surface area contributed by atoms with Crippen molar-refractivity contribution in [2.75, 3.05) is 0 Å². The minimum atomic E-state index is -3.49. The van der Waals surface area contributed by atoms with Crippen molar-refractivity contribution in [1.29, 1.82) is 0 Å². The third-order valence-corrected chi connectivity index (χ3v) is 3.74. The number of hydrogen-bond donors (Lipinski definition) is 0. The summed E-state index contributed by atoms with van der Waals surface area (Å²) >= 11 is 0. The molecule has 1 aromatic rings. The van der Waals surface area contributed by atoms with E-state index in [1.165, 1.54) is 26.0 Å². The first-order valence-corrected chi connectivity index (χ1v) is 5.92. The van der Waals surface area contributed by atoms with Crippen molar-refractivity contribution in [3.63, 3.8) is 0 Å². The molecule has 0 saturated carbocycles. The van der Waals surface area contributed by atoms with Crippen molar-refractivity contribution in [2.45, 2.75) is 18.7 Å². The maximum Gasteiger partial charge on any atom is 0.202 e. The van der Waals surface area contributed by atoms with E-state index in [1.807, 2.05) is 0 Å². The van der Waals surface area contributed by atoms with Crippen LogP contribution in [-0.2, 0) is 14.6 Å². The summed E-state index contributed by atoms with van der Waals surface area (Å²) < 4.78 is 23.7. The molecule has 0 atom stereocenters. The van der Waals surface area contributed by atoms with E-state index >= 15 is 0 Å². The molecule has 0 aromatic heterocycles. The first kappa shape index (κ1) is 11.7. The summed E-state index contributed by atoms with van der Waals surface area (Å²) in [5, 5.41) is 0. The van der Waals surface area contributed by atoms with E-state index in [2.05, 4.69) is 0 Å². The third-order valence-electron chi connectivity index (χ3n) is 1.88. The fourth-order valence-electron chi connectivity index (χ4n) is 1.15. The maximum absolute atomic E-state index is 11.8. The molecule has 0 aliphatic rings. The quantitative estimate of drug-likeness (QED) is 0.737. The number of sulfone groups is 1. The average molecular weight is 224 g/mol. The zero-order valence-electron chi connectivity index (χ0n) is 8.60. The molecule has 0 spiro atoms. The molecular formula is C11H12O3S. The van der Waals surface area contributed by atoms with E-state index in [0.717, 1.165) is 6.08 Å². The minimum absolute atomic E-state index is 0.0706. The Hall–Kier alpha value is -1.42. The molecule has 15 heavy (non-hydrogen) atoms. The van der Waals surface area contributed by atoms with E-state index < -0.39 is 9.84 Å². The third kappa shape index (κ3) is 2.76. The Kier molecular flexibility index (Phi) is 3.42. The van der Waals surface area contributed by atoms with Crippen LogP contribution in [0.5, 0.6) is 0 Å². The van der Waals surface area contributed by atoms with Crippen LogP contribution in [0.1, 0.15) is 13.8 Å². The highest BCUT2D eigenvalue weighted by molar-refractivity contribution is 7.95. The van der Waals surface area contributed by atoms with Gasteiger partial charge in [-0.25, -0.2) is 8.42 Å². The summed E-state index contributed by atoms with van der Waals surface area (Å²) in [5.74, 6) is -0.271. The Balaban J connectivity index is 3.21. The number of carbonyl (C=O) groups is 1. The molecule has 0 amide bonds. The standard InChI is InChI=1S/C11H12O3S/c1-9(12)8-10(2)15(13,14)11-6-4-3-5-7-11/h3-8H,1-2H3/b10-8+. The van der Waals surface area contributed by atoms with Crippen LogP contribution in [0.4, 0.5) is 0 Å². The Morgan fingerprint density at radius 2 is 1.67 bits per heavy atom. The monoisotopic (exact) mass is 224 g/mol. The SMILES string of the molecule is CC(=O)/C=C(\C)S(=O)(=O)c1ccccc1. The van der Waals surface area contributed by atoms with Gasteiger partial charge in [0.15, 0.2) is 5.78 Å². The van der Waals surface area contributed by atoms with Gasteiger partial charge in [0, 0.05) is 4.91 Å². The van der Waals surface area contributed by atoms with Gasteiger partial charge in [-0.05, 0) is 32.1 Å². The largest absolute Gasteiger partial charge is 0.295 e. The number of ketones is 1. The fraction of sp³-hybridized carbons (Fsp3) is 0.182. The normalized spacial score (nSPS) is 12.5. The zero-order chi connectivity index (χ0) is 11.5. The van der Waals surface area contributed by atoms with Crippen molar-refractivity contribution in [3.05, 3.63) is 41.3 Å². The molecule has 0 N–H and O–H groups in total. The highest BCUT2D eigenvalue weighted by Gasteiger charge is 2.16. The van der Waals surface area contributed by atoms with Crippen LogP contribution < -0.4 is 0 Å². The van der Waals surface area contributed by atoms with Crippen molar-refractivity contribution in [1.82, 2.24) is 0 Å². The summed E-state index contributed by atoms with van der Waals surface area (Å²) in [5.41, 5.74) is 0. The number of allylic oxidation sites excluding steroid dienone is 2. The van der Waals surface area contributed by atoms with Gasteiger partial charge in [-0.1, -0.05) is 18.2 Å². The molecule has 4 heteroatoms. The summed E-state index contributed by atoms with van der Waals surface area (Å²) in [6.45, 7) is 2.74. The second-order valence-electron chi connectivity index (χ2n) is 3.18. The second-order valence-corrected chi connectivity index (χ2v) is 5.30. The van der Waals surface area contributed by atoms with Crippen LogP contribution in [0.3, 0.4) is 0 Å². The van der Waals surface area contributed by atoms with E-state index in [-0.39, 0.29) is 15.6 Å². The molecule has 0 unspecified atom stereocenters. The molecule has 0 heterocycles. The molecular weight excluding hydrogens is 212 g/mol. The van der Waals surface area contributed by atoms with Gasteiger partial charge in [0.1, 0.15) is 0 Å². The number of rotatable bonds is 3. The molecule has 0 saturated heterocycles. The summed E-state index contributed by atoms with van der Waals surface area (Å²) in [6, 6.07) is 8.05. The molecule has 0 aliphatic carbocycles. The van der Waals surface area contributed by atoms with Crippen LogP contribution in [-0.4, -0.2) is 14.2 Å². The van der Waals surface area contributed by atoms with Gasteiger partial charge in [-0.2, -0.15) is 0 Å². The molecule has 0 radical (unpaired) electrons. The smallest absolute Gasteiger partial charge is 0.202 e. The molecule has 1 aromatic carbocycles. The predicted molar refractivity (Wildman–Crippen MR) is 58.1 cm³/mol. The lowest BCUT2D eigenvalue weighted by Gasteiger charge is -2.03. The van der Waals surface area contributed by atoms with Gasteiger partial charge < -0.3 is 0 Å². The second kappa shape index (κ2) is 4.40. The molecule has 0 aliphatic heterocycles. The van der Waals surface area contributed by atoms with Gasteiger partial charge in [0.2, 0.25) is 9.84 Å². The zero-order valence-corrected chi connectivity index (χ0v) is 9.41. The van der Waals surface area contributed by atoms with Gasteiger partial charge >= 0.3 is 0 Å². The molecule has 0 fully saturated rings. The van der Waals surface area contributed by atoms with E-state index in [4.69, 9.17) is 0 Å². The van der Waals surface area contributed by atoms with Gasteiger partial charge in [0.25, 0.3) is 0 Å². The van der Waals surface area contributed by atoms with E-state index in [1.54, 1.807) is 18.2 Å². The maximum atomic E-state index is 11.8. The lowest BCUT2D eigenvalue weighted by atomic mass is 10.4.